The Morgan fingerprint density at radius 1 is 1.12 bits per heavy atom. The molecule has 0 aromatic heterocycles. The zero-order valence-electron chi connectivity index (χ0n) is 15.4. The highest BCUT2D eigenvalue weighted by atomic mass is 32.2. The molecule has 0 radical (unpaired) electrons. The van der Waals surface area contributed by atoms with Crippen molar-refractivity contribution in [3.63, 3.8) is 0 Å². The van der Waals surface area contributed by atoms with Crippen molar-refractivity contribution >= 4 is 21.8 Å². The third-order valence-corrected chi connectivity index (χ3v) is 8.00. The van der Waals surface area contributed by atoms with Crippen LogP contribution in [-0.4, -0.2) is 38.7 Å². The van der Waals surface area contributed by atoms with Crippen LogP contribution in [0.5, 0.6) is 5.75 Å². The Morgan fingerprint density at radius 3 is 2.62 bits per heavy atom. The Labute approximate surface area is 160 Å². The lowest BCUT2D eigenvalue weighted by molar-refractivity contribution is 0.392. The molecule has 1 aliphatic heterocycles. The molecule has 3 rings (SSSR count). The number of nitrogens with zero attached hydrogens (tertiary/aromatic N) is 1. The molecule has 2 aromatic rings. The van der Waals surface area contributed by atoms with Gasteiger partial charge in [-0.3, -0.25) is 0 Å². The molecule has 1 saturated heterocycles. The van der Waals surface area contributed by atoms with Gasteiger partial charge in [0.15, 0.2) is 0 Å². The minimum absolute atomic E-state index is 0.263. The summed E-state index contributed by atoms with van der Waals surface area (Å²) < 4.78 is 33.3. The molecule has 1 fully saturated rings. The van der Waals surface area contributed by atoms with Crippen LogP contribution in [0.15, 0.2) is 47.4 Å². The van der Waals surface area contributed by atoms with Crippen LogP contribution in [0, 0.1) is 13.8 Å². The van der Waals surface area contributed by atoms with E-state index >= 15 is 0 Å². The fraction of sp³-hybridized carbons (Fsp3) is 0.400. The molecule has 1 heterocycles. The number of hydrogen-bond donors (Lipinski definition) is 0. The number of rotatable bonds is 4. The minimum atomic E-state index is -3.57. The number of benzene rings is 2. The first-order chi connectivity index (χ1) is 12.4. The highest BCUT2D eigenvalue weighted by molar-refractivity contribution is 7.99. The molecule has 4 nitrogen and oxygen atoms in total. The highest BCUT2D eigenvalue weighted by Gasteiger charge is 2.31. The van der Waals surface area contributed by atoms with E-state index in [1.54, 1.807) is 16.4 Å². The third kappa shape index (κ3) is 3.92. The molecular formula is C20H25NO3S2. The SMILES string of the molecule is COc1ccc(C)cc1S(=O)(=O)N1CCSC(c2ccccc2C)CC1. The number of sulfonamides is 1. The molecule has 140 valence electrons. The fourth-order valence-corrected chi connectivity index (χ4v) is 6.45. The van der Waals surface area contributed by atoms with Crippen LogP contribution in [0.2, 0.25) is 0 Å². The summed E-state index contributed by atoms with van der Waals surface area (Å²) in [5.74, 6) is 1.19. The molecule has 1 unspecified atom stereocenters. The monoisotopic (exact) mass is 391 g/mol. The van der Waals surface area contributed by atoms with Gasteiger partial charge < -0.3 is 4.74 Å². The first kappa shape index (κ1) is 19.3. The van der Waals surface area contributed by atoms with E-state index in [1.165, 1.54) is 18.2 Å². The maximum Gasteiger partial charge on any atom is 0.246 e. The predicted octanol–water partition coefficient (Wildman–Crippen LogP) is 4.18. The van der Waals surface area contributed by atoms with Gasteiger partial charge in [-0.2, -0.15) is 16.1 Å². The molecule has 0 spiro atoms. The van der Waals surface area contributed by atoms with E-state index in [1.807, 2.05) is 30.8 Å². The minimum Gasteiger partial charge on any atom is -0.495 e. The quantitative estimate of drug-likeness (QED) is 0.784. The maximum absolute atomic E-state index is 13.2. The molecule has 0 N–H and O–H groups in total. The summed E-state index contributed by atoms with van der Waals surface area (Å²) in [5, 5.41) is 0.329. The molecule has 0 amide bonds. The van der Waals surface area contributed by atoms with Gasteiger partial charge in [-0.25, -0.2) is 8.42 Å². The van der Waals surface area contributed by atoms with Crippen molar-refractivity contribution < 1.29 is 13.2 Å². The molecule has 2 aromatic carbocycles. The fourth-order valence-electron chi connectivity index (χ4n) is 3.31. The van der Waals surface area contributed by atoms with Crippen molar-refractivity contribution in [3.05, 3.63) is 59.2 Å². The van der Waals surface area contributed by atoms with Gasteiger partial charge >= 0.3 is 0 Å². The van der Waals surface area contributed by atoms with E-state index in [9.17, 15) is 8.42 Å². The van der Waals surface area contributed by atoms with Crippen molar-refractivity contribution in [1.82, 2.24) is 4.31 Å². The molecule has 1 aliphatic rings. The van der Waals surface area contributed by atoms with E-state index in [-0.39, 0.29) is 4.90 Å². The van der Waals surface area contributed by atoms with Gasteiger partial charge in [0.1, 0.15) is 10.6 Å². The maximum atomic E-state index is 13.2. The summed E-state index contributed by atoms with van der Waals surface area (Å²) in [6.07, 6.45) is 0.808. The van der Waals surface area contributed by atoms with Crippen LogP contribution in [0.3, 0.4) is 0 Å². The second-order valence-electron chi connectivity index (χ2n) is 6.56. The van der Waals surface area contributed by atoms with Crippen LogP contribution < -0.4 is 4.74 Å². The van der Waals surface area contributed by atoms with Crippen molar-refractivity contribution in [2.45, 2.75) is 30.4 Å². The van der Waals surface area contributed by atoms with E-state index in [0.717, 1.165) is 17.7 Å². The first-order valence-electron chi connectivity index (χ1n) is 8.75. The molecular weight excluding hydrogens is 366 g/mol. The van der Waals surface area contributed by atoms with E-state index < -0.39 is 10.0 Å². The van der Waals surface area contributed by atoms with Crippen molar-refractivity contribution in [2.24, 2.45) is 0 Å². The van der Waals surface area contributed by atoms with Crippen LogP contribution in [-0.2, 0) is 10.0 Å². The van der Waals surface area contributed by atoms with Crippen molar-refractivity contribution in [3.8, 4) is 5.75 Å². The Kier molecular flexibility index (Phi) is 5.95. The zero-order chi connectivity index (χ0) is 18.7. The van der Waals surface area contributed by atoms with Gasteiger partial charge in [-0.15, -0.1) is 0 Å². The largest absolute Gasteiger partial charge is 0.495 e. The smallest absolute Gasteiger partial charge is 0.246 e. The lowest BCUT2D eigenvalue weighted by Gasteiger charge is -2.22. The number of ether oxygens (including phenoxy) is 1. The summed E-state index contributed by atoms with van der Waals surface area (Å²) in [7, 11) is -2.06. The van der Waals surface area contributed by atoms with Gasteiger partial charge in [-0.1, -0.05) is 30.3 Å². The summed E-state index contributed by atoms with van der Waals surface area (Å²) >= 11 is 1.84. The summed E-state index contributed by atoms with van der Waals surface area (Å²) in [6.45, 7) is 5.05. The average molecular weight is 392 g/mol. The lowest BCUT2D eigenvalue weighted by Crippen LogP contribution is -2.33. The Bertz CT molecular complexity index is 880. The topological polar surface area (TPSA) is 46.6 Å². The standard InChI is InChI=1S/C20H25NO3S2/c1-15-8-9-18(24-3)20(14-15)26(22,23)21-11-10-19(25-13-12-21)17-7-5-4-6-16(17)2/h4-9,14,19H,10-13H2,1-3H3. The summed E-state index contributed by atoms with van der Waals surface area (Å²) in [6, 6.07) is 13.7. The van der Waals surface area contributed by atoms with E-state index in [2.05, 4.69) is 25.1 Å². The second kappa shape index (κ2) is 8.03. The lowest BCUT2D eigenvalue weighted by atomic mass is 10.0. The van der Waals surface area contributed by atoms with Crippen molar-refractivity contribution in [1.29, 1.82) is 0 Å². The van der Waals surface area contributed by atoms with Crippen LogP contribution in [0.4, 0.5) is 0 Å². The Balaban J connectivity index is 1.85. The van der Waals surface area contributed by atoms with Gasteiger partial charge in [0.25, 0.3) is 0 Å². The first-order valence-corrected chi connectivity index (χ1v) is 11.2. The van der Waals surface area contributed by atoms with Crippen LogP contribution in [0.25, 0.3) is 0 Å². The van der Waals surface area contributed by atoms with Crippen LogP contribution in [0.1, 0.15) is 28.4 Å². The zero-order valence-corrected chi connectivity index (χ0v) is 17.1. The predicted molar refractivity (Wildman–Crippen MR) is 107 cm³/mol. The molecule has 1 atom stereocenters. The van der Waals surface area contributed by atoms with Gasteiger partial charge in [0.2, 0.25) is 10.0 Å². The number of methoxy groups -OCH3 is 1. The van der Waals surface area contributed by atoms with E-state index in [0.29, 0.717) is 24.1 Å². The summed E-state index contributed by atoms with van der Waals surface area (Å²) in [5.41, 5.74) is 3.48. The molecule has 0 aliphatic carbocycles. The van der Waals surface area contributed by atoms with E-state index in [4.69, 9.17) is 4.74 Å². The van der Waals surface area contributed by atoms with Gasteiger partial charge in [-0.05, 0) is 49.1 Å². The normalized spacial score (nSPS) is 19.1. The van der Waals surface area contributed by atoms with Gasteiger partial charge in [0.05, 0.1) is 7.11 Å². The Morgan fingerprint density at radius 2 is 1.88 bits per heavy atom. The molecule has 26 heavy (non-hydrogen) atoms. The number of hydrogen-bond acceptors (Lipinski definition) is 4. The summed E-state index contributed by atoms with van der Waals surface area (Å²) in [4.78, 5) is 0.263. The van der Waals surface area contributed by atoms with Crippen LogP contribution >= 0.6 is 11.8 Å². The van der Waals surface area contributed by atoms with Gasteiger partial charge in [0, 0.05) is 24.1 Å². The molecule has 0 saturated carbocycles. The molecule has 0 bridgehead atoms. The number of thioether (sulfide) groups is 1. The highest BCUT2D eigenvalue weighted by Crippen LogP contribution is 2.37. The average Bonchev–Trinajstić information content (AvgIpc) is 2.88. The number of aryl methyl sites for hydroxylation is 2. The third-order valence-electron chi connectivity index (χ3n) is 4.77. The van der Waals surface area contributed by atoms with Crippen molar-refractivity contribution in [2.75, 3.05) is 26.0 Å². The second-order valence-corrected chi connectivity index (χ2v) is 9.78. The molecule has 6 heteroatoms. The Hall–Kier alpha value is -1.50.